The predicted octanol–water partition coefficient (Wildman–Crippen LogP) is 4.90. The number of aromatic nitrogens is 1. The van der Waals surface area contributed by atoms with Gasteiger partial charge in [-0.05, 0) is 36.8 Å². The summed E-state index contributed by atoms with van der Waals surface area (Å²) in [7, 11) is 0. The van der Waals surface area contributed by atoms with Crippen LogP contribution < -0.4 is 10.1 Å². The maximum Gasteiger partial charge on any atom is 0.267 e. The number of nitriles is 1. The van der Waals surface area contributed by atoms with Gasteiger partial charge in [0.2, 0.25) is 0 Å². The molecule has 1 N–H and O–H groups in total. The number of carbonyl (C=O) groups is 1. The number of ether oxygens (including phenoxy) is 1. The highest BCUT2D eigenvalue weighted by atomic mass is 35.5. The minimum Gasteiger partial charge on any atom is -0.487 e. The van der Waals surface area contributed by atoms with Gasteiger partial charge in [-0.1, -0.05) is 41.0 Å². The van der Waals surface area contributed by atoms with Crippen LogP contribution in [0.15, 0.2) is 58.6 Å². The van der Waals surface area contributed by atoms with Crippen LogP contribution in [0, 0.1) is 24.1 Å². The molecule has 0 fully saturated rings. The summed E-state index contributed by atoms with van der Waals surface area (Å²) in [6.07, 6.45) is 1.38. The molecule has 1 aromatic heterocycles. The molecule has 0 radical (unpaired) electrons. The SMILES string of the molecule is Cc1cc(NC(=O)/C(C#N)=C\c2ccc(OCc3ccccc3F)c(Cl)c2)no1. The van der Waals surface area contributed by atoms with Crippen molar-refractivity contribution in [2.75, 3.05) is 5.32 Å². The van der Waals surface area contributed by atoms with Gasteiger partial charge >= 0.3 is 0 Å². The zero-order valence-corrected chi connectivity index (χ0v) is 16.0. The number of amides is 1. The Morgan fingerprint density at radius 1 is 1.34 bits per heavy atom. The number of anilines is 1. The number of hydrogen-bond donors (Lipinski definition) is 1. The Balaban J connectivity index is 1.71. The molecule has 2 aromatic carbocycles. The summed E-state index contributed by atoms with van der Waals surface area (Å²) in [6.45, 7) is 1.70. The molecule has 0 aliphatic carbocycles. The van der Waals surface area contributed by atoms with Crippen molar-refractivity contribution in [3.05, 3.63) is 81.8 Å². The highest BCUT2D eigenvalue weighted by Gasteiger charge is 2.13. The predicted molar refractivity (Wildman–Crippen MR) is 106 cm³/mol. The second-order valence-corrected chi connectivity index (χ2v) is 6.42. The maximum absolute atomic E-state index is 13.7. The van der Waals surface area contributed by atoms with Crippen LogP contribution in [-0.2, 0) is 11.4 Å². The molecule has 0 bridgehead atoms. The van der Waals surface area contributed by atoms with Crippen molar-refractivity contribution >= 4 is 29.4 Å². The number of carbonyl (C=O) groups excluding carboxylic acids is 1. The first-order valence-electron chi connectivity index (χ1n) is 8.48. The first-order valence-corrected chi connectivity index (χ1v) is 8.86. The fraction of sp³-hybridized carbons (Fsp3) is 0.0952. The molecule has 8 heteroatoms. The van der Waals surface area contributed by atoms with E-state index in [0.717, 1.165) is 0 Å². The molecule has 1 heterocycles. The third kappa shape index (κ3) is 5.21. The van der Waals surface area contributed by atoms with Crippen molar-refractivity contribution in [2.24, 2.45) is 0 Å². The van der Waals surface area contributed by atoms with Gasteiger partial charge in [-0.2, -0.15) is 5.26 Å². The Labute approximate surface area is 171 Å². The molecule has 0 aliphatic rings. The van der Waals surface area contributed by atoms with E-state index in [4.69, 9.17) is 20.9 Å². The molecule has 0 aliphatic heterocycles. The first kappa shape index (κ1) is 20.1. The topological polar surface area (TPSA) is 88.2 Å². The number of benzene rings is 2. The van der Waals surface area contributed by atoms with Crippen LogP contribution >= 0.6 is 11.6 Å². The fourth-order valence-corrected chi connectivity index (χ4v) is 2.66. The molecule has 1 amide bonds. The molecular formula is C21H15ClFN3O3. The van der Waals surface area contributed by atoms with E-state index in [0.29, 0.717) is 22.6 Å². The molecule has 3 rings (SSSR count). The van der Waals surface area contributed by atoms with Gasteiger partial charge in [-0.25, -0.2) is 4.39 Å². The van der Waals surface area contributed by atoms with E-state index in [1.807, 2.05) is 6.07 Å². The van der Waals surface area contributed by atoms with Gasteiger partial charge in [-0.15, -0.1) is 0 Å². The third-order valence-electron chi connectivity index (χ3n) is 3.84. The summed E-state index contributed by atoms with van der Waals surface area (Å²) in [5.74, 6) is 0.101. The smallest absolute Gasteiger partial charge is 0.267 e. The van der Waals surface area contributed by atoms with Crippen molar-refractivity contribution in [1.82, 2.24) is 5.16 Å². The molecule has 6 nitrogen and oxygen atoms in total. The van der Waals surface area contributed by atoms with Crippen molar-refractivity contribution in [2.45, 2.75) is 13.5 Å². The highest BCUT2D eigenvalue weighted by molar-refractivity contribution is 6.32. The van der Waals surface area contributed by atoms with E-state index in [2.05, 4.69) is 10.5 Å². The Bertz CT molecular complexity index is 1120. The number of rotatable bonds is 6. The van der Waals surface area contributed by atoms with E-state index in [9.17, 15) is 14.4 Å². The molecular weight excluding hydrogens is 397 g/mol. The van der Waals surface area contributed by atoms with Gasteiger partial charge in [-0.3, -0.25) is 4.79 Å². The highest BCUT2D eigenvalue weighted by Crippen LogP contribution is 2.27. The number of aryl methyl sites for hydroxylation is 1. The third-order valence-corrected chi connectivity index (χ3v) is 4.14. The van der Waals surface area contributed by atoms with Crippen molar-refractivity contribution in [1.29, 1.82) is 5.26 Å². The van der Waals surface area contributed by atoms with E-state index in [-0.39, 0.29) is 28.8 Å². The van der Waals surface area contributed by atoms with Crippen LogP contribution in [-0.4, -0.2) is 11.1 Å². The number of halogens is 2. The fourth-order valence-electron chi connectivity index (χ4n) is 2.42. The van der Waals surface area contributed by atoms with Crippen molar-refractivity contribution in [3.63, 3.8) is 0 Å². The lowest BCUT2D eigenvalue weighted by atomic mass is 10.1. The number of nitrogens with one attached hydrogen (secondary N) is 1. The molecule has 29 heavy (non-hydrogen) atoms. The van der Waals surface area contributed by atoms with Gasteiger partial charge in [0.1, 0.15) is 35.6 Å². The lowest BCUT2D eigenvalue weighted by Crippen LogP contribution is -2.13. The minimum atomic E-state index is -0.628. The molecule has 0 saturated carbocycles. The Morgan fingerprint density at radius 2 is 2.14 bits per heavy atom. The van der Waals surface area contributed by atoms with Gasteiger partial charge in [0.25, 0.3) is 5.91 Å². The van der Waals surface area contributed by atoms with Crippen LogP contribution in [0.5, 0.6) is 5.75 Å². The second-order valence-electron chi connectivity index (χ2n) is 6.02. The minimum absolute atomic E-state index is 0.0184. The summed E-state index contributed by atoms with van der Waals surface area (Å²) < 4.78 is 24.1. The standard InChI is InChI=1S/C21H15ClFN3O3/c1-13-8-20(26-29-13)25-21(27)16(11-24)9-14-6-7-19(17(22)10-14)28-12-15-4-2-3-5-18(15)23/h2-10H,12H2,1H3,(H,25,26,27)/b16-9-. The summed E-state index contributed by atoms with van der Waals surface area (Å²) in [5, 5.41) is 15.7. The van der Waals surface area contributed by atoms with Crippen LogP contribution in [0.3, 0.4) is 0 Å². The number of hydrogen-bond acceptors (Lipinski definition) is 5. The van der Waals surface area contributed by atoms with Crippen LogP contribution in [0.1, 0.15) is 16.9 Å². The van der Waals surface area contributed by atoms with Gasteiger partial charge in [0.05, 0.1) is 5.02 Å². The lowest BCUT2D eigenvalue weighted by molar-refractivity contribution is -0.112. The van der Waals surface area contributed by atoms with E-state index >= 15 is 0 Å². The monoisotopic (exact) mass is 411 g/mol. The Kier molecular flexibility index (Phi) is 6.27. The molecule has 0 saturated heterocycles. The Morgan fingerprint density at radius 3 is 2.79 bits per heavy atom. The molecule has 3 aromatic rings. The zero-order chi connectivity index (χ0) is 20.8. The average molecular weight is 412 g/mol. The van der Waals surface area contributed by atoms with E-state index < -0.39 is 5.91 Å². The van der Waals surface area contributed by atoms with Crippen molar-refractivity contribution < 1.29 is 18.4 Å². The summed E-state index contributed by atoms with van der Waals surface area (Å²) in [6, 6.07) is 14.4. The quantitative estimate of drug-likeness (QED) is 0.460. The maximum atomic E-state index is 13.7. The molecule has 0 spiro atoms. The van der Waals surface area contributed by atoms with Crippen LogP contribution in [0.2, 0.25) is 5.02 Å². The van der Waals surface area contributed by atoms with Crippen molar-refractivity contribution in [3.8, 4) is 11.8 Å². The molecule has 0 atom stereocenters. The van der Waals surface area contributed by atoms with E-state index in [1.165, 1.54) is 18.2 Å². The lowest BCUT2D eigenvalue weighted by Gasteiger charge is -2.09. The zero-order valence-electron chi connectivity index (χ0n) is 15.3. The Hall–Kier alpha value is -3.63. The van der Waals surface area contributed by atoms with Crippen LogP contribution in [0.4, 0.5) is 10.2 Å². The average Bonchev–Trinajstić information content (AvgIpc) is 3.11. The summed E-state index contributed by atoms with van der Waals surface area (Å²) >= 11 is 6.22. The molecule has 146 valence electrons. The summed E-state index contributed by atoms with van der Waals surface area (Å²) in [4.78, 5) is 12.2. The largest absolute Gasteiger partial charge is 0.487 e. The number of nitrogens with zero attached hydrogens (tertiary/aromatic N) is 2. The summed E-state index contributed by atoms with van der Waals surface area (Å²) in [5.41, 5.74) is 0.789. The van der Waals surface area contributed by atoms with Gasteiger partial charge < -0.3 is 14.6 Å². The van der Waals surface area contributed by atoms with E-state index in [1.54, 1.807) is 43.3 Å². The van der Waals surface area contributed by atoms with Crippen LogP contribution in [0.25, 0.3) is 6.08 Å². The van der Waals surface area contributed by atoms with Gasteiger partial charge in [0.15, 0.2) is 5.82 Å². The second kappa shape index (κ2) is 9.04. The van der Waals surface area contributed by atoms with Gasteiger partial charge in [0, 0.05) is 11.6 Å². The molecule has 0 unspecified atom stereocenters. The first-order chi connectivity index (χ1) is 14.0. The normalized spacial score (nSPS) is 11.0.